The van der Waals surface area contributed by atoms with Gasteiger partial charge >= 0.3 is 12.4 Å². The van der Waals surface area contributed by atoms with Crippen LogP contribution in [0, 0.1) is 0 Å². The summed E-state index contributed by atoms with van der Waals surface area (Å²) in [6, 6.07) is 10.4. The van der Waals surface area contributed by atoms with Crippen molar-refractivity contribution < 1.29 is 35.9 Å². The Morgan fingerprint density at radius 1 is 0.935 bits per heavy atom. The van der Waals surface area contributed by atoms with Gasteiger partial charge in [0, 0.05) is 19.5 Å². The second kappa shape index (κ2) is 10.6. The number of alkyl halides is 6. The Labute approximate surface area is 175 Å². The molecule has 2 aromatic rings. The fourth-order valence-corrected chi connectivity index (χ4v) is 2.94. The summed E-state index contributed by atoms with van der Waals surface area (Å²) in [5.41, 5.74) is -2.02. The van der Waals surface area contributed by atoms with Gasteiger partial charge in [-0.2, -0.15) is 26.3 Å². The highest BCUT2D eigenvalue weighted by molar-refractivity contribution is 5.73. The van der Waals surface area contributed by atoms with E-state index < -0.39 is 30.1 Å². The van der Waals surface area contributed by atoms with Crippen LogP contribution in [0.15, 0.2) is 48.5 Å². The fraction of sp³-hybridized carbons (Fsp3) is 0.381. The standard InChI is InChI=1S/C21H22F6N2O2/c1-14(30)29-19(9-15-5-3-2-4-6-15)11-28-13-31-12-16-7-17(20(22,23)24)10-18(8-16)21(25,26)27/h2-8,10,19,28H,9,11-13H2,1H3,(H,29,30)/t19-/m0/s1. The normalized spacial score (nSPS) is 13.1. The molecule has 0 heterocycles. The van der Waals surface area contributed by atoms with Crippen molar-refractivity contribution in [3.63, 3.8) is 0 Å². The molecular formula is C21H22F6N2O2. The molecule has 4 nitrogen and oxygen atoms in total. The van der Waals surface area contributed by atoms with Crippen LogP contribution in [0.3, 0.4) is 0 Å². The minimum Gasteiger partial charge on any atom is -0.362 e. The van der Waals surface area contributed by atoms with E-state index in [4.69, 9.17) is 4.74 Å². The molecule has 170 valence electrons. The van der Waals surface area contributed by atoms with Crippen molar-refractivity contribution in [2.75, 3.05) is 13.3 Å². The molecular weight excluding hydrogens is 426 g/mol. The van der Waals surface area contributed by atoms with Gasteiger partial charge in [0.2, 0.25) is 5.91 Å². The minimum absolute atomic E-state index is 0.0728. The lowest BCUT2D eigenvalue weighted by Crippen LogP contribution is -2.43. The number of amides is 1. The van der Waals surface area contributed by atoms with E-state index in [2.05, 4.69) is 10.6 Å². The van der Waals surface area contributed by atoms with Crippen molar-refractivity contribution >= 4 is 5.91 Å². The van der Waals surface area contributed by atoms with Crippen LogP contribution in [0.5, 0.6) is 0 Å². The highest BCUT2D eigenvalue weighted by Crippen LogP contribution is 2.36. The summed E-state index contributed by atoms with van der Waals surface area (Å²) >= 11 is 0. The maximum Gasteiger partial charge on any atom is 0.416 e. The third kappa shape index (κ3) is 8.58. The molecule has 1 amide bonds. The Hall–Kier alpha value is -2.59. The molecule has 2 N–H and O–H groups in total. The highest BCUT2D eigenvalue weighted by Gasteiger charge is 2.36. The molecule has 0 bridgehead atoms. The first-order valence-electron chi connectivity index (χ1n) is 9.33. The Morgan fingerprint density at radius 3 is 2.03 bits per heavy atom. The monoisotopic (exact) mass is 448 g/mol. The predicted molar refractivity (Wildman–Crippen MR) is 102 cm³/mol. The molecule has 0 saturated heterocycles. The largest absolute Gasteiger partial charge is 0.416 e. The Morgan fingerprint density at radius 2 is 1.52 bits per heavy atom. The van der Waals surface area contributed by atoms with E-state index >= 15 is 0 Å². The first-order chi connectivity index (χ1) is 14.4. The van der Waals surface area contributed by atoms with Crippen LogP contribution in [0.1, 0.15) is 29.2 Å². The molecule has 0 aliphatic carbocycles. The van der Waals surface area contributed by atoms with Gasteiger partial charge in [0.1, 0.15) is 0 Å². The highest BCUT2D eigenvalue weighted by atomic mass is 19.4. The van der Waals surface area contributed by atoms with E-state index in [1.807, 2.05) is 30.3 Å². The molecule has 0 fully saturated rings. The number of rotatable bonds is 9. The van der Waals surface area contributed by atoms with Crippen LogP contribution in [-0.2, 0) is 34.9 Å². The van der Waals surface area contributed by atoms with E-state index in [1.54, 1.807) is 0 Å². The lowest BCUT2D eigenvalue weighted by atomic mass is 10.1. The molecule has 10 heteroatoms. The topological polar surface area (TPSA) is 50.4 Å². The van der Waals surface area contributed by atoms with Gasteiger partial charge in [-0.1, -0.05) is 30.3 Å². The van der Waals surface area contributed by atoms with E-state index in [0.717, 1.165) is 5.56 Å². The molecule has 0 aliphatic heterocycles. The second-order valence-corrected chi connectivity index (χ2v) is 6.95. The number of halogens is 6. The van der Waals surface area contributed by atoms with Gasteiger partial charge in [-0.25, -0.2) is 0 Å². The zero-order valence-electron chi connectivity index (χ0n) is 16.6. The third-order valence-electron chi connectivity index (χ3n) is 4.24. The molecule has 31 heavy (non-hydrogen) atoms. The maximum atomic E-state index is 12.9. The molecule has 0 spiro atoms. The minimum atomic E-state index is -4.91. The lowest BCUT2D eigenvalue weighted by molar-refractivity contribution is -0.143. The molecule has 2 aromatic carbocycles. The van der Waals surface area contributed by atoms with E-state index in [1.165, 1.54) is 6.92 Å². The van der Waals surface area contributed by atoms with Crippen molar-refractivity contribution in [3.05, 3.63) is 70.8 Å². The summed E-state index contributed by atoms with van der Waals surface area (Å²) in [5, 5.41) is 5.67. The zero-order valence-corrected chi connectivity index (χ0v) is 16.6. The van der Waals surface area contributed by atoms with Gasteiger partial charge in [0.25, 0.3) is 0 Å². The van der Waals surface area contributed by atoms with Crippen LogP contribution < -0.4 is 10.6 Å². The third-order valence-corrected chi connectivity index (χ3v) is 4.24. The van der Waals surface area contributed by atoms with Crippen LogP contribution in [0.25, 0.3) is 0 Å². The number of hydrogen-bond acceptors (Lipinski definition) is 3. The Bertz CT molecular complexity index is 821. The van der Waals surface area contributed by atoms with Crippen molar-refractivity contribution in [2.24, 2.45) is 0 Å². The van der Waals surface area contributed by atoms with E-state index in [-0.39, 0.29) is 30.3 Å². The number of ether oxygens (including phenoxy) is 1. The first-order valence-corrected chi connectivity index (χ1v) is 9.33. The first kappa shape index (κ1) is 24.7. The van der Waals surface area contributed by atoms with Crippen LogP contribution >= 0.6 is 0 Å². The number of hydrogen-bond donors (Lipinski definition) is 2. The molecule has 0 unspecified atom stereocenters. The fourth-order valence-electron chi connectivity index (χ4n) is 2.94. The van der Waals surface area contributed by atoms with Crippen molar-refractivity contribution in [1.29, 1.82) is 0 Å². The second-order valence-electron chi connectivity index (χ2n) is 6.95. The molecule has 2 rings (SSSR count). The quantitative estimate of drug-likeness (QED) is 0.337. The summed E-state index contributed by atoms with van der Waals surface area (Å²) in [6.45, 7) is 1.11. The molecule has 0 saturated carbocycles. The molecule has 0 aromatic heterocycles. The van der Waals surface area contributed by atoms with Crippen molar-refractivity contribution in [2.45, 2.75) is 38.3 Å². The predicted octanol–water partition coefficient (Wildman–Crippen LogP) is 4.54. The number of nitrogens with one attached hydrogen (secondary N) is 2. The Balaban J connectivity index is 1.92. The summed E-state index contributed by atoms with van der Waals surface area (Å²) in [4.78, 5) is 11.4. The van der Waals surface area contributed by atoms with Gasteiger partial charge in [0.15, 0.2) is 0 Å². The van der Waals surface area contributed by atoms with Crippen LogP contribution in [0.4, 0.5) is 26.3 Å². The van der Waals surface area contributed by atoms with Gasteiger partial charge in [-0.3, -0.25) is 10.1 Å². The lowest BCUT2D eigenvalue weighted by Gasteiger charge is -2.19. The van der Waals surface area contributed by atoms with E-state index in [9.17, 15) is 31.1 Å². The summed E-state index contributed by atoms with van der Waals surface area (Å²) in [7, 11) is 0. The molecule has 1 atom stereocenters. The van der Waals surface area contributed by atoms with Crippen molar-refractivity contribution in [1.82, 2.24) is 10.6 Å². The van der Waals surface area contributed by atoms with Gasteiger partial charge < -0.3 is 10.1 Å². The van der Waals surface area contributed by atoms with Crippen molar-refractivity contribution in [3.8, 4) is 0 Å². The van der Waals surface area contributed by atoms with Gasteiger partial charge in [0.05, 0.1) is 24.5 Å². The zero-order chi connectivity index (χ0) is 23.1. The summed E-state index contributed by atoms with van der Waals surface area (Å²) in [5.74, 6) is -0.229. The summed E-state index contributed by atoms with van der Waals surface area (Å²) in [6.07, 6.45) is -9.27. The summed E-state index contributed by atoms with van der Waals surface area (Å²) < 4.78 is 82.6. The number of carbonyl (C=O) groups is 1. The average Bonchev–Trinajstić information content (AvgIpc) is 2.66. The van der Waals surface area contributed by atoms with E-state index in [0.29, 0.717) is 25.1 Å². The SMILES string of the molecule is CC(=O)N[C@H](CNCOCc1cc(C(F)(F)F)cc(C(F)(F)F)c1)Cc1ccccc1. The van der Waals surface area contributed by atoms with Crippen LogP contribution in [-0.4, -0.2) is 25.2 Å². The maximum absolute atomic E-state index is 12.9. The van der Waals surface area contributed by atoms with Crippen LogP contribution in [0.2, 0.25) is 0 Å². The Kier molecular flexibility index (Phi) is 8.46. The molecule has 0 aliphatic rings. The number of carbonyl (C=O) groups excluding carboxylic acids is 1. The molecule has 0 radical (unpaired) electrons. The van der Waals surface area contributed by atoms with Gasteiger partial charge in [-0.15, -0.1) is 0 Å². The number of benzene rings is 2. The van der Waals surface area contributed by atoms with Gasteiger partial charge in [-0.05, 0) is 35.7 Å². The smallest absolute Gasteiger partial charge is 0.362 e. The average molecular weight is 448 g/mol.